The third-order valence-corrected chi connectivity index (χ3v) is 9.44. The first-order valence-electron chi connectivity index (χ1n) is 9.38. The minimum absolute atomic E-state index is 0.0218. The fourth-order valence-corrected chi connectivity index (χ4v) is 8.79. The molecule has 4 bridgehead atoms. The number of nitrogens with one attached hydrogen (secondary N) is 1. The SMILES string of the molecule is O=C(Nc1nc(C23CC4CC(CC(C4)C2)C3)cs1)C1CCS(=O)(=O)C1. The van der Waals surface area contributed by atoms with Crippen LogP contribution in [-0.2, 0) is 20.0 Å². The Balaban J connectivity index is 1.32. The molecule has 6 rings (SSSR count). The molecule has 1 aliphatic heterocycles. The molecule has 5 fully saturated rings. The number of thiazole rings is 1. The molecule has 5 nitrogen and oxygen atoms in total. The topological polar surface area (TPSA) is 76.1 Å². The van der Waals surface area contributed by atoms with E-state index >= 15 is 0 Å². The molecule has 4 aliphatic carbocycles. The lowest BCUT2D eigenvalue weighted by Gasteiger charge is -2.56. The molecule has 1 aromatic heterocycles. The van der Waals surface area contributed by atoms with Gasteiger partial charge in [-0.15, -0.1) is 11.3 Å². The number of rotatable bonds is 3. The van der Waals surface area contributed by atoms with Gasteiger partial charge in [0.15, 0.2) is 15.0 Å². The molecule has 0 spiro atoms. The van der Waals surface area contributed by atoms with Gasteiger partial charge >= 0.3 is 0 Å². The molecule has 25 heavy (non-hydrogen) atoms. The molecule has 0 radical (unpaired) electrons. The number of sulfone groups is 1. The summed E-state index contributed by atoms with van der Waals surface area (Å²) in [6.07, 6.45) is 8.43. The van der Waals surface area contributed by atoms with Crippen LogP contribution < -0.4 is 5.32 Å². The molecule has 1 N–H and O–H groups in total. The summed E-state index contributed by atoms with van der Waals surface area (Å²) in [7, 11) is -3.04. The molecule has 1 amide bonds. The number of carbonyl (C=O) groups excluding carboxylic acids is 1. The summed E-state index contributed by atoms with van der Waals surface area (Å²) in [4.78, 5) is 17.1. The zero-order valence-electron chi connectivity index (χ0n) is 14.2. The fraction of sp³-hybridized carbons (Fsp3) is 0.778. The molecule has 5 aliphatic rings. The first kappa shape index (κ1) is 16.2. The predicted molar refractivity (Wildman–Crippen MR) is 97.4 cm³/mol. The van der Waals surface area contributed by atoms with Gasteiger partial charge in [-0.1, -0.05) is 0 Å². The normalized spacial score (nSPS) is 41.1. The second-order valence-corrected chi connectivity index (χ2v) is 11.9. The summed E-state index contributed by atoms with van der Waals surface area (Å²) < 4.78 is 23.1. The van der Waals surface area contributed by atoms with Gasteiger partial charge in [0.2, 0.25) is 5.91 Å². The van der Waals surface area contributed by atoms with Crippen molar-refractivity contribution in [1.29, 1.82) is 0 Å². The van der Waals surface area contributed by atoms with Gasteiger partial charge in [0, 0.05) is 10.8 Å². The van der Waals surface area contributed by atoms with E-state index in [0.29, 0.717) is 11.6 Å². The largest absolute Gasteiger partial charge is 0.302 e. The summed E-state index contributed by atoms with van der Waals surface area (Å²) >= 11 is 1.49. The van der Waals surface area contributed by atoms with Crippen LogP contribution in [0, 0.1) is 23.7 Å². The van der Waals surface area contributed by atoms with Gasteiger partial charge in [-0.2, -0.15) is 0 Å². The first-order chi connectivity index (χ1) is 11.9. The number of hydrogen-bond acceptors (Lipinski definition) is 5. The van der Waals surface area contributed by atoms with Crippen molar-refractivity contribution in [2.45, 2.75) is 50.4 Å². The molecule has 1 atom stereocenters. The lowest BCUT2D eigenvalue weighted by atomic mass is 9.49. The highest BCUT2D eigenvalue weighted by atomic mass is 32.2. The monoisotopic (exact) mass is 380 g/mol. The molecular weight excluding hydrogens is 356 g/mol. The van der Waals surface area contributed by atoms with E-state index in [4.69, 9.17) is 4.98 Å². The van der Waals surface area contributed by atoms with E-state index < -0.39 is 15.8 Å². The molecular formula is C18H24N2O3S2. The van der Waals surface area contributed by atoms with E-state index in [0.717, 1.165) is 17.8 Å². The van der Waals surface area contributed by atoms with Crippen LogP contribution in [0.25, 0.3) is 0 Å². The van der Waals surface area contributed by atoms with Crippen LogP contribution >= 0.6 is 11.3 Å². The zero-order chi connectivity index (χ0) is 17.2. The molecule has 136 valence electrons. The highest BCUT2D eigenvalue weighted by Gasteiger charge is 2.52. The Morgan fingerprint density at radius 3 is 2.36 bits per heavy atom. The average molecular weight is 381 g/mol. The van der Waals surface area contributed by atoms with Crippen LogP contribution in [0.1, 0.15) is 50.6 Å². The van der Waals surface area contributed by atoms with Gasteiger partial charge in [-0.3, -0.25) is 4.79 Å². The lowest BCUT2D eigenvalue weighted by Crippen LogP contribution is -2.48. The quantitative estimate of drug-likeness (QED) is 0.875. The predicted octanol–water partition coefficient (Wildman–Crippen LogP) is 2.98. The molecule has 1 saturated heterocycles. The molecule has 4 saturated carbocycles. The number of hydrogen-bond donors (Lipinski definition) is 1. The van der Waals surface area contributed by atoms with Gasteiger partial charge in [0.05, 0.1) is 23.1 Å². The van der Waals surface area contributed by atoms with Crippen molar-refractivity contribution in [3.8, 4) is 0 Å². The summed E-state index contributed by atoms with van der Waals surface area (Å²) in [6, 6.07) is 0. The Bertz CT molecular complexity index is 779. The summed E-state index contributed by atoms with van der Waals surface area (Å²) in [5.41, 5.74) is 1.41. The van der Waals surface area contributed by atoms with Gasteiger partial charge in [0.25, 0.3) is 0 Å². The van der Waals surface area contributed by atoms with Crippen LogP contribution in [0.5, 0.6) is 0 Å². The highest BCUT2D eigenvalue weighted by molar-refractivity contribution is 7.91. The van der Waals surface area contributed by atoms with Crippen LogP contribution in [0.3, 0.4) is 0 Å². The Kier molecular flexibility index (Phi) is 3.59. The standard InChI is InChI=1S/C18H24N2O3S2/c21-16(14-1-2-25(22,23)10-14)20-17-19-15(9-24-17)18-6-11-3-12(7-18)5-13(4-11)8-18/h9,11-14H,1-8,10H2,(H,19,20,21). The number of amides is 1. The van der Waals surface area contributed by atoms with E-state index in [1.54, 1.807) is 0 Å². The van der Waals surface area contributed by atoms with Gasteiger partial charge < -0.3 is 5.32 Å². The van der Waals surface area contributed by atoms with Crippen molar-refractivity contribution in [1.82, 2.24) is 4.98 Å². The van der Waals surface area contributed by atoms with Crippen LogP contribution in [-0.4, -0.2) is 30.8 Å². The summed E-state index contributed by atoms with van der Waals surface area (Å²) in [5.74, 6) is 2.11. The second-order valence-electron chi connectivity index (χ2n) is 8.82. The van der Waals surface area contributed by atoms with Gasteiger partial charge in [-0.05, 0) is 62.7 Å². The minimum atomic E-state index is -3.04. The summed E-state index contributed by atoms with van der Waals surface area (Å²) in [5, 5.41) is 5.65. The van der Waals surface area contributed by atoms with Crippen LogP contribution in [0.15, 0.2) is 5.38 Å². The van der Waals surface area contributed by atoms with Gasteiger partial charge in [-0.25, -0.2) is 13.4 Å². The van der Waals surface area contributed by atoms with Crippen LogP contribution in [0.4, 0.5) is 5.13 Å². The van der Waals surface area contributed by atoms with Crippen LogP contribution in [0.2, 0.25) is 0 Å². The average Bonchev–Trinajstić information content (AvgIpc) is 3.13. The van der Waals surface area contributed by atoms with E-state index in [-0.39, 0.29) is 22.8 Å². The Morgan fingerprint density at radius 2 is 1.80 bits per heavy atom. The maximum absolute atomic E-state index is 12.4. The van der Waals surface area contributed by atoms with Crippen molar-refractivity contribution in [3.63, 3.8) is 0 Å². The highest BCUT2D eigenvalue weighted by Crippen LogP contribution is 2.60. The maximum atomic E-state index is 12.4. The van der Waals surface area contributed by atoms with E-state index in [1.807, 2.05) is 0 Å². The van der Waals surface area contributed by atoms with Crippen molar-refractivity contribution >= 4 is 32.2 Å². The number of carbonyl (C=O) groups is 1. The first-order valence-corrected chi connectivity index (χ1v) is 12.1. The Hall–Kier alpha value is -0.950. The van der Waals surface area contributed by atoms with Crippen molar-refractivity contribution in [3.05, 3.63) is 11.1 Å². The van der Waals surface area contributed by atoms with Gasteiger partial charge in [0.1, 0.15) is 0 Å². The number of aromatic nitrogens is 1. The number of anilines is 1. The maximum Gasteiger partial charge on any atom is 0.230 e. The lowest BCUT2D eigenvalue weighted by molar-refractivity contribution is -0.119. The molecule has 1 unspecified atom stereocenters. The second kappa shape index (κ2) is 5.52. The number of nitrogens with zero attached hydrogens (tertiary/aromatic N) is 1. The molecule has 1 aromatic rings. The Morgan fingerprint density at radius 1 is 1.16 bits per heavy atom. The van der Waals surface area contributed by atoms with Crippen molar-refractivity contribution in [2.75, 3.05) is 16.8 Å². The Labute approximate surface area is 152 Å². The smallest absolute Gasteiger partial charge is 0.230 e. The molecule has 0 aromatic carbocycles. The van der Waals surface area contributed by atoms with E-state index in [1.165, 1.54) is 55.6 Å². The molecule has 2 heterocycles. The fourth-order valence-electron chi connectivity index (χ4n) is 6.21. The molecule has 7 heteroatoms. The van der Waals surface area contributed by atoms with Crippen molar-refractivity contribution in [2.24, 2.45) is 23.7 Å². The summed E-state index contributed by atoms with van der Waals surface area (Å²) in [6.45, 7) is 0. The van der Waals surface area contributed by atoms with E-state index in [9.17, 15) is 13.2 Å². The third kappa shape index (κ3) is 2.83. The minimum Gasteiger partial charge on any atom is -0.302 e. The zero-order valence-corrected chi connectivity index (χ0v) is 15.9. The third-order valence-electron chi connectivity index (χ3n) is 6.92. The van der Waals surface area contributed by atoms with Crippen molar-refractivity contribution < 1.29 is 13.2 Å². The van der Waals surface area contributed by atoms with E-state index in [2.05, 4.69) is 10.7 Å².